The molecule has 5 N–H and O–H groups in total. The van der Waals surface area contributed by atoms with E-state index in [1.807, 2.05) is 36.4 Å². The average Bonchev–Trinajstić information content (AvgIpc) is 3.27. The highest BCUT2D eigenvalue weighted by Gasteiger charge is 2.21. The first kappa shape index (κ1) is 21.8. The molecule has 1 amide bonds. The van der Waals surface area contributed by atoms with Crippen LogP contribution in [0.1, 0.15) is 36.2 Å². The number of carbonyl (C=O) groups excluding carboxylic acids is 1. The molecule has 174 valence electrons. The van der Waals surface area contributed by atoms with Gasteiger partial charge in [-0.25, -0.2) is 13.9 Å². The molecule has 2 heterocycles. The molecule has 4 aromatic rings. The quantitative estimate of drug-likeness (QED) is 0.337. The molecule has 1 fully saturated rings. The third kappa shape index (κ3) is 4.84. The highest BCUT2D eigenvalue weighted by Crippen LogP contribution is 2.27. The maximum atomic E-state index is 13.2. The fourth-order valence-corrected chi connectivity index (χ4v) is 4.16. The smallest absolute Gasteiger partial charge is 0.276 e. The molecule has 0 atom stereocenters. The van der Waals surface area contributed by atoms with Gasteiger partial charge in [0.1, 0.15) is 11.6 Å². The van der Waals surface area contributed by atoms with Gasteiger partial charge in [0.2, 0.25) is 0 Å². The second kappa shape index (κ2) is 9.48. The summed E-state index contributed by atoms with van der Waals surface area (Å²) in [6.07, 6.45) is 5.34. The van der Waals surface area contributed by atoms with E-state index in [9.17, 15) is 9.18 Å². The molecule has 0 radical (unpaired) electrons. The van der Waals surface area contributed by atoms with Crippen LogP contribution in [0.15, 0.2) is 66.9 Å². The van der Waals surface area contributed by atoms with Crippen molar-refractivity contribution in [3.05, 3.63) is 78.4 Å². The standard InChI is InChI=1S/C25H26FN7O/c26-16-6-10-20(11-7-16)31-25(34)22-15-28-24-21(29-18-4-2-1-3-5-18)14-23(32-33(22)24)30-19-12-8-17(27)9-13-19/h1-7,10-11,14-15,17,19,29H,8-9,12-13,27H2,(H,30,32)(H,31,34)/t17-,19-. The average molecular weight is 460 g/mol. The van der Waals surface area contributed by atoms with Crippen LogP contribution in [0.25, 0.3) is 5.65 Å². The van der Waals surface area contributed by atoms with Gasteiger partial charge in [-0.1, -0.05) is 18.2 Å². The van der Waals surface area contributed by atoms with Crippen LogP contribution in [-0.4, -0.2) is 32.6 Å². The minimum absolute atomic E-state index is 0.249. The third-order valence-electron chi connectivity index (χ3n) is 5.98. The van der Waals surface area contributed by atoms with E-state index in [1.54, 1.807) is 0 Å². The van der Waals surface area contributed by atoms with Crippen molar-refractivity contribution >= 4 is 34.4 Å². The van der Waals surface area contributed by atoms with Gasteiger partial charge in [-0.2, -0.15) is 0 Å². The Morgan fingerprint density at radius 3 is 2.47 bits per heavy atom. The third-order valence-corrected chi connectivity index (χ3v) is 5.98. The Morgan fingerprint density at radius 2 is 1.74 bits per heavy atom. The predicted molar refractivity (Wildman–Crippen MR) is 131 cm³/mol. The van der Waals surface area contributed by atoms with Crippen LogP contribution in [0.4, 0.5) is 27.3 Å². The number of benzene rings is 2. The number of hydrogen-bond acceptors (Lipinski definition) is 6. The second-order valence-electron chi connectivity index (χ2n) is 8.53. The summed E-state index contributed by atoms with van der Waals surface area (Å²) in [4.78, 5) is 17.5. The Labute approximate surface area is 196 Å². The zero-order valence-electron chi connectivity index (χ0n) is 18.5. The minimum atomic E-state index is -0.391. The Kier molecular flexibility index (Phi) is 6.09. The number of para-hydroxylation sites is 1. The van der Waals surface area contributed by atoms with Crippen molar-refractivity contribution < 1.29 is 9.18 Å². The van der Waals surface area contributed by atoms with Crippen LogP contribution in [-0.2, 0) is 0 Å². The van der Waals surface area contributed by atoms with E-state index in [0.717, 1.165) is 37.1 Å². The highest BCUT2D eigenvalue weighted by molar-refractivity contribution is 6.03. The molecular formula is C25H26FN7O. The van der Waals surface area contributed by atoms with Crippen molar-refractivity contribution in [1.29, 1.82) is 0 Å². The molecule has 5 rings (SSSR count). The van der Waals surface area contributed by atoms with Crippen molar-refractivity contribution in [2.24, 2.45) is 5.73 Å². The molecule has 0 unspecified atom stereocenters. The number of anilines is 4. The van der Waals surface area contributed by atoms with Gasteiger partial charge in [0.15, 0.2) is 11.3 Å². The maximum absolute atomic E-state index is 13.2. The molecule has 34 heavy (non-hydrogen) atoms. The zero-order chi connectivity index (χ0) is 23.5. The van der Waals surface area contributed by atoms with Crippen LogP contribution in [0.3, 0.4) is 0 Å². The summed E-state index contributed by atoms with van der Waals surface area (Å²) in [6, 6.07) is 17.8. The zero-order valence-corrected chi connectivity index (χ0v) is 18.5. The van der Waals surface area contributed by atoms with E-state index >= 15 is 0 Å². The van der Waals surface area contributed by atoms with Crippen LogP contribution in [0.5, 0.6) is 0 Å². The Hall–Kier alpha value is -3.98. The van der Waals surface area contributed by atoms with E-state index in [4.69, 9.17) is 5.73 Å². The lowest BCUT2D eigenvalue weighted by molar-refractivity contribution is 0.102. The summed E-state index contributed by atoms with van der Waals surface area (Å²) in [5.41, 5.74) is 8.94. The maximum Gasteiger partial charge on any atom is 0.276 e. The Balaban J connectivity index is 1.48. The fourth-order valence-electron chi connectivity index (χ4n) is 4.16. The molecule has 9 heteroatoms. The molecule has 1 saturated carbocycles. The van der Waals surface area contributed by atoms with Crippen molar-refractivity contribution in [2.45, 2.75) is 37.8 Å². The Bertz CT molecular complexity index is 1280. The number of halogens is 1. The molecular weight excluding hydrogens is 433 g/mol. The van der Waals surface area contributed by atoms with Crippen LogP contribution >= 0.6 is 0 Å². The SMILES string of the molecule is N[C@H]1CC[C@H](Nc2cc(Nc3ccccc3)c3ncc(C(=O)Nc4ccc(F)cc4)n3n2)CC1. The Morgan fingerprint density at radius 1 is 1.00 bits per heavy atom. The van der Waals surface area contributed by atoms with Gasteiger partial charge in [-0.15, -0.1) is 5.10 Å². The number of nitrogens with one attached hydrogen (secondary N) is 3. The van der Waals surface area contributed by atoms with Crippen molar-refractivity contribution in [3.8, 4) is 0 Å². The van der Waals surface area contributed by atoms with Crippen LogP contribution in [0, 0.1) is 5.82 Å². The second-order valence-corrected chi connectivity index (χ2v) is 8.53. The number of carbonyl (C=O) groups is 1. The molecule has 1 aliphatic carbocycles. The van der Waals surface area contributed by atoms with Crippen molar-refractivity contribution in [3.63, 3.8) is 0 Å². The topological polar surface area (TPSA) is 109 Å². The van der Waals surface area contributed by atoms with E-state index in [1.165, 1.54) is 35.0 Å². The molecule has 0 aliphatic heterocycles. The summed E-state index contributed by atoms with van der Waals surface area (Å²) in [5.74, 6) is -0.122. The number of imidazole rings is 1. The summed E-state index contributed by atoms with van der Waals surface area (Å²) >= 11 is 0. The van der Waals surface area contributed by atoms with Crippen molar-refractivity contribution in [1.82, 2.24) is 14.6 Å². The van der Waals surface area contributed by atoms with E-state index in [0.29, 0.717) is 17.2 Å². The number of nitrogens with two attached hydrogens (primary N) is 1. The van der Waals surface area contributed by atoms with E-state index in [2.05, 4.69) is 26.0 Å². The van der Waals surface area contributed by atoms with Crippen molar-refractivity contribution in [2.75, 3.05) is 16.0 Å². The molecule has 0 saturated heterocycles. The van der Waals surface area contributed by atoms with Gasteiger partial charge in [0.25, 0.3) is 5.91 Å². The summed E-state index contributed by atoms with van der Waals surface area (Å²) < 4.78 is 14.8. The summed E-state index contributed by atoms with van der Waals surface area (Å²) in [5, 5.41) is 14.3. The molecule has 0 bridgehead atoms. The number of hydrogen-bond donors (Lipinski definition) is 4. The molecule has 0 spiro atoms. The minimum Gasteiger partial charge on any atom is -0.366 e. The van der Waals surface area contributed by atoms with Crippen LogP contribution < -0.4 is 21.7 Å². The van der Waals surface area contributed by atoms with Crippen LogP contribution in [0.2, 0.25) is 0 Å². The summed E-state index contributed by atoms with van der Waals surface area (Å²) in [7, 11) is 0. The first-order valence-electron chi connectivity index (χ1n) is 11.3. The lowest BCUT2D eigenvalue weighted by Crippen LogP contribution is -2.33. The molecule has 8 nitrogen and oxygen atoms in total. The van der Waals surface area contributed by atoms with Gasteiger partial charge in [-0.3, -0.25) is 4.79 Å². The molecule has 2 aromatic carbocycles. The number of nitrogens with zero attached hydrogens (tertiary/aromatic N) is 3. The normalized spacial score (nSPS) is 17.9. The van der Waals surface area contributed by atoms with Gasteiger partial charge < -0.3 is 21.7 Å². The lowest BCUT2D eigenvalue weighted by atomic mass is 9.92. The summed E-state index contributed by atoms with van der Waals surface area (Å²) in [6.45, 7) is 0. The first-order chi connectivity index (χ1) is 16.5. The predicted octanol–water partition coefficient (Wildman–Crippen LogP) is 4.55. The first-order valence-corrected chi connectivity index (χ1v) is 11.3. The molecule has 1 aliphatic rings. The molecule has 2 aromatic heterocycles. The largest absolute Gasteiger partial charge is 0.366 e. The monoisotopic (exact) mass is 459 g/mol. The lowest BCUT2D eigenvalue weighted by Gasteiger charge is -2.27. The number of fused-ring (bicyclic) bond motifs is 1. The van der Waals surface area contributed by atoms with E-state index < -0.39 is 5.91 Å². The van der Waals surface area contributed by atoms with Gasteiger partial charge in [0.05, 0.1) is 11.9 Å². The number of aromatic nitrogens is 3. The van der Waals surface area contributed by atoms with Gasteiger partial charge in [-0.05, 0) is 62.1 Å². The van der Waals surface area contributed by atoms with E-state index in [-0.39, 0.29) is 23.6 Å². The van der Waals surface area contributed by atoms with Gasteiger partial charge in [0, 0.05) is 29.5 Å². The number of rotatable bonds is 6. The fraction of sp³-hybridized carbons (Fsp3) is 0.240. The number of amides is 1. The van der Waals surface area contributed by atoms with Gasteiger partial charge >= 0.3 is 0 Å². The highest BCUT2D eigenvalue weighted by atomic mass is 19.1.